The molecule has 0 unspecified atom stereocenters. The number of nitrogens with zero attached hydrogens (tertiary/aromatic N) is 1. The summed E-state index contributed by atoms with van der Waals surface area (Å²) in [6, 6.07) is 0. The summed E-state index contributed by atoms with van der Waals surface area (Å²) >= 11 is 1.73. The lowest BCUT2D eigenvalue weighted by atomic mass is 9.77. The lowest BCUT2D eigenvalue weighted by molar-refractivity contribution is 0.258. The maximum Gasteiger partial charge on any atom is 0.134 e. The number of nitrogen functional groups attached to an aromatic ring is 1. The van der Waals surface area contributed by atoms with Crippen LogP contribution in [-0.2, 0) is 0 Å². The van der Waals surface area contributed by atoms with Gasteiger partial charge in [0.15, 0.2) is 0 Å². The molecule has 0 bridgehead atoms. The number of hydrogen-bond acceptors (Lipinski definition) is 3. The minimum Gasteiger partial charge on any atom is -0.383 e. The fourth-order valence-electron chi connectivity index (χ4n) is 2.52. The smallest absolute Gasteiger partial charge is 0.134 e. The van der Waals surface area contributed by atoms with Gasteiger partial charge in [-0.2, -0.15) is 0 Å². The van der Waals surface area contributed by atoms with Crippen LogP contribution < -0.4 is 5.73 Å². The zero-order valence-corrected chi connectivity index (χ0v) is 10.4. The maximum absolute atomic E-state index is 5.66. The van der Waals surface area contributed by atoms with Gasteiger partial charge in [-0.15, -0.1) is 11.3 Å². The summed E-state index contributed by atoms with van der Waals surface area (Å²) in [5.74, 6) is 3.15. The van der Waals surface area contributed by atoms with Crippen LogP contribution in [0.3, 0.4) is 0 Å². The van der Waals surface area contributed by atoms with Crippen molar-refractivity contribution >= 4 is 17.2 Å². The van der Waals surface area contributed by atoms with Crippen molar-refractivity contribution in [2.24, 2.45) is 11.8 Å². The van der Waals surface area contributed by atoms with E-state index in [1.807, 2.05) is 5.38 Å². The summed E-state index contributed by atoms with van der Waals surface area (Å²) in [7, 11) is 0. The average Bonchev–Trinajstić information content (AvgIpc) is 2.65. The molecule has 0 amide bonds. The lowest BCUT2D eigenvalue weighted by Gasteiger charge is -2.29. The van der Waals surface area contributed by atoms with Crippen LogP contribution in [0.15, 0.2) is 5.38 Å². The SMILES string of the molecule is CC(C)C1CCC(c2nc(N)cs2)CC1. The Labute approximate surface area is 95.9 Å². The highest BCUT2D eigenvalue weighted by molar-refractivity contribution is 7.10. The molecule has 1 aromatic heterocycles. The van der Waals surface area contributed by atoms with Crippen LogP contribution in [0.4, 0.5) is 5.82 Å². The van der Waals surface area contributed by atoms with Gasteiger partial charge in [0.2, 0.25) is 0 Å². The number of anilines is 1. The Kier molecular flexibility index (Phi) is 3.29. The summed E-state index contributed by atoms with van der Waals surface area (Å²) in [6.07, 6.45) is 5.33. The standard InChI is InChI=1S/C12H20N2S/c1-8(2)9-3-5-10(6-4-9)12-14-11(13)7-15-12/h7-10H,3-6,13H2,1-2H3. The molecule has 0 spiro atoms. The highest BCUT2D eigenvalue weighted by Gasteiger charge is 2.25. The van der Waals surface area contributed by atoms with Crippen molar-refractivity contribution in [3.63, 3.8) is 0 Å². The summed E-state index contributed by atoms with van der Waals surface area (Å²) in [5, 5.41) is 3.22. The third kappa shape index (κ3) is 2.51. The van der Waals surface area contributed by atoms with Crippen LogP contribution in [0.2, 0.25) is 0 Å². The number of rotatable bonds is 2. The molecule has 3 heteroatoms. The molecule has 15 heavy (non-hydrogen) atoms. The van der Waals surface area contributed by atoms with Crippen molar-refractivity contribution in [3.8, 4) is 0 Å². The van der Waals surface area contributed by atoms with Crippen LogP contribution in [-0.4, -0.2) is 4.98 Å². The first kappa shape index (κ1) is 10.9. The van der Waals surface area contributed by atoms with Crippen molar-refractivity contribution in [1.82, 2.24) is 4.98 Å². The Morgan fingerprint density at radius 1 is 1.33 bits per heavy atom. The minimum absolute atomic E-state index is 0.683. The van der Waals surface area contributed by atoms with E-state index >= 15 is 0 Å². The van der Waals surface area contributed by atoms with Crippen LogP contribution in [0.1, 0.15) is 50.5 Å². The summed E-state index contributed by atoms with van der Waals surface area (Å²) in [4.78, 5) is 4.40. The fraction of sp³-hybridized carbons (Fsp3) is 0.750. The van der Waals surface area contributed by atoms with Crippen molar-refractivity contribution in [3.05, 3.63) is 10.4 Å². The molecule has 1 fully saturated rings. The zero-order chi connectivity index (χ0) is 10.8. The second kappa shape index (κ2) is 4.52. The maximum atomic E-state index is 5.66. The molecule has 0 saturated heterocycles. The van der Waals surface area contributed by atoms with Crippen molar-refractivity contribution in [1.29, 1.82) is 0 Å². The van der Waals surface area contributed by atoms with Crippen LogP contribution >= 0.6 is 11.3 Å². The molecule has 84 valence electrons. The van der Waals surface area contributed by atoms with Crippen LogP contribution in [0, 0.1) is 11.8 Å². The Bertz CT molecular complexity index is 311. The van der Waals surface area contributed by atoms with E-state index in [2.05, 4.69) is 18.8 Å². The Hall–Kier alpha value is -0.570. The number of thiazole rings is 1. The summed E-state index contributed by atoms with van der Waals surface area (Å²) in [6.45, 7) is 4.68. The van der Waals surface area contributed by atoms with Gasteiger partial charge in [-0.3, -0.25) is 0 Å². The van der Waals surface area contributed by atoms with Crippen LogP contribution in [0.25, 0.3) is 0 Å². The first-order valence-electron chi connectivity index (χ1n) is 5.87. The first-order valence-corrected chi connectivity index (χ1v) is 6.75. The number of aromatic nitrogens is 1. The molecule has 1 heterocycles. The van der Waals surface area contributed by atoms with Crippen molar-refractivity contribution < 1.29 is 0 Å². The molecule has 2 rings (SSSR count). The summed E-state index contributed by atoms with van der Waals surface area (Å²) in [5.41, 5.74) is 5.66. The topological polar surface area (TPSA) is 38.9 Å². The molecule has 0 atom stereocenters. The van der Waals surface area contributed by atoms with Crippen LogP contribution in [0.5, 0.6) is 0 Å². The average molecular weight is 224 g/mol. The molecule has 2 N–H and O–H groups in total. The van der Waals surface area contributed by atoms with E-state index in [4.69, 9.17) is 5.73 Å². The molecule has 1 aliphatic carbocycles. The van der Waals surface area contributed by atoms with Gasteiger partial charge in [-0.05, 0) is 37.5 Å². The fourth-order valence-corrected chi connectivity index (χ4v) is 3.40. The van der Waals surface area contributed by atoms with E-state index in [-0.39, 0.29) is 0 Å². The van der Waals surface area contributed by atoms with Gasteiger partial charge in [0, 0.05) is 11.3 Å². The van der Waals surface area contributed by atoms with Crippen molar-refractivity contribution in [2.75, 3.05) is 5.73 Å². The second-order valence-electron chi connectivity index (χ2n) is 4.97. The normalized spacial score (nSPS) is 27.1. The molecule has 0 aliphatic heterocycles. The predicted octanol–water partition coefficient (Wildman–Crippen LogP) is 3.66. The number of nitrogens with two attached hydrogens (primary N) is 1. The zero-order valence-electron chi connectivity index (χ0n) is 9.57. The molecule has 0 radical (unpaired) electrons. The number of hydrogen-bond donors (Lipinski definition) is 1. The monoisotopic (exact) mass is 224 g/mol. The molecule has 1 aliphatic rings. The van der Waals surface area contributed by atoms with Crippen molar-refractivity contribution in [2.45, 2.75) is 45.4 Å². The largest absolute Gasteiger partial charge is 0.383 e. The van der Waals surface area contributed by atoms with E-state index in [0.29, 0.717) is 11.7 Å². The molecular weight excluding hydrogens is 204 g/mol. The summed E-state index contributed by atoms with van der Waals surface area (Å²) < 4.78 is 0. The predicted molar refractivity (Wildman–Crippen MR) is 66.1 cm³/mol. The van der Waals surface area contributed by atoms with Gasteiger partial charge in [0.25, 0.3) is 0 Å². The lowest BCUT2D eigenvalue weighted by Crippen LogP contribution is -2.17. The van der Waals surface area contributed by atoms with Gasteiger partial charge in [-0.1, -0.05) is 13.8 Å². The van der Waals surface area contributed by atoms with E-state index in [1.165, 1.54) is 30.7 Å². The van der Waals surface area contributed by atoms with Gasteiger partial charge in [0.1, 0.15) is 5.82 Å². The highest BCUT2D eigenvalue weighted by Crippen LogP contribution is 2.39. The Balaban J connectivity index is 1.93. The highest BCUT2D eigenvalue weighted by atomic mass is 32.1. The van der Waals surface area contributed by atoms with Gasteiger partial charge < -0.3 is 5.73 Å². The van der Waals surface area contributed by atoms with Gasteiger partial charge in [0.05, 0.1) is 5.01 Å². The Morgan fingerprint density at radius 2 is 2.00 bits per heavy atom. The molecular formula is C12H20N2S. The van der Waals surface area contributed by atoms with E-state index in [1.54, 1.807) is 11.3 Å². The first-order chi connectivity index (χ1) is 7.16. The van der Waals surface area contributed by atoms with E-state index in [9.17, 15) is 0 Å². The third-order valence-corrected chi connectivity index (χ3v) is 4.63. The third-order valence-electron chi connectivity index (χ3n) is 3.60. The molecule has 1 aromatic rings. The minimum atomic E-state index is 0.683. The quantitative estimate of drug-likeness (QED) is 0.832. The van der Waals surface area contributed by atoms with Gasteiger partial charge in [-0.25, -0.2) is 4.98 Å². The van der Waals surface area contributed by atoms with E-state index < -0.39 is 0 Å². The molecule has 1 saturated carbocycles. The van der Waals surface area contributed by atoms with E-state index in [0.717, 1.165) is 11.8 Å². The molecule has 0 aromatic carbocycles. The molecule has 2 nitrogen and oxygen atoms in total. The van der Waals surface area contributed by atoms with Gasteiger partial charge >= 0.3 is 0 Å². The Morgan fingerprint density at radius 3 is 2.47 bits per heavy atom. The second-order valence-corrected chi connectivity index (χ2v) is 5.86.